The van der Waals surface area contributed by atoms with Crippen molar-refractivity contribution in [3.8, 4) is 0 Å². The molecule has 1 aliphatic heterocycles. The maximum atomic E-state index is 12.7. The van der Waals surface area contributed by atoms with Crippen molar-refractivity contribution in [2.75, 3.05) is 0 Å². The summed E-state index contributed by atoms with van der Waals surface area (Å²) < 4.78 is 0. The molecule has 2 N–H and O–H groups in total. The van der Waals surface area contributed by atoms with Gasteiger partial charge in [0.15, 0.2) is 0 Å². The second kappa shape index (κ2) is 6.44. The fourth-order valence-electron chi connectivity index (χ4n) is 3.55. The van der Waals surface area contributed by atoms with Crippen LogP contribution in [0.15, 0.2) is 0 Å². The predicted octanol–water partition coefficient (Wildman–Crippen LogP) is 2.12. The van der Waals surface area contributed by atoms with Gasteiger partial charge >= 0.3 is 0 Å². The van der Waals surface area contributed by atoms with Gasteiger partial charge in [0, 0.05) is 6.04 Å². The van der Waals surface area contributed by atoms with Crippen LogP contribution in [0.5, 0.6) is 0 Å². The Labute approximate surface area is 122 Å². The first-order chi connectivity index (χ1) is 9.40. The standard InChI is InChI=1S/C16H30N2O2/c1-10(2)9-14-17-15(11(3)4)16(20)18(14)12-5-7-13(19)8-6-12/h10-15,17,19H,5-9H2,1-4H3. The molecule has 0 aromatic heterocycles. The first-order valence-electron chi connectivity index (χ1n) is 8.16. The van der Waals surface area contributed by atoms with Crippen LogP contribution in [-0.2, 0) is 4.79 Å². The average Bonchev–Trinajstić information content (AvgIpc) is 2.67. The van der Waals surface area contributed by atoms with E-state index >= 15 is 0 Å². The molecule has 0 radical (unpaired) electrons. The quantitative estimate of drug-likeness (QED) is 0.830. The van der Waals surface area contributed by atoms with Crippen LogP contribution in [0.2, 0.25) is 0 Å². The molecule has 2 aliphatic rings. The van der Waals surface area contributed by atoms with Gasteiger partial charge < -0.3 is 10.0 Å². The fourth-order valence-corrected chi connectivity index (χ4v) is 3.55. The third kappa shape index (κ3) is 3.34. The molecule has 0 spiro atoms. The minimum atomic E-state index is -0.165. The van der Waals surface area contributed by atoms with Crippen molar-refractivity contribution in [3.63, 3.8) is 0 Å². The van der Waals surface area contributed by atoms with Crippen molar-refractivity contribution >= 4 is 5.91 Å². The Kier molecular flexibility index (Phi) is 5.08. The highest BCUT2D eigenvalue weighted by Crippen LogP contribution is 2.30. The molecule has 2 unspecified atom stereocenters. The van der Waals surface area contributed by atoms with E-state index in [-0.39, 0.29) is 24.2 Å². The highest BCUT2D eigenvalue weighted by molar-refractivity contribution is 5.85. The molecule has 4 nitrogen and oxygen atoms in total. The predicted molar refractivity (Wildman–Crippen MR) is 80.1 cm³/mol. The zero-order valence-corrected chi connectivity index (χ0v) is 13.3. The Morgan fingerprint density at radius 1 is 1.20 bits per heavy atom. The smallest absolute Gasteiger partial charge is 0.241 e. The topological polar surface area (TPSA) is 52.6 Å². The van der Waals surface area contributed by atoms with E-state index in [1.165, 1.54) is 0 Å². The Hall–Kier alpha value is -0.610. The van der Waals surface area contributed by atoms with Crippen LogP contribution in [-0.4, -0.2) is 40.3 Å². The molecule has 20 heavy (non-hydrogen) atoms. The SMILES string of the molecule is CC(C)CC1NC(C(C)C)C(=O)N1C1CCC(O)CC1. The Balaban J connectivity index is 2.10. The van der Waals surface area contributed by atoms with Crippen molar-refractivity contribution in [2.45, 2.75) is 84.2 Å². The molecular formula is C16H30N2O2. The number of aliphatic hydroxyl groups excluding tert-OH is 1. The number of hydrogen-bond donors (Lipinski definition) is 2. The maximum Gasteiger partial charge on any atom is 0.241 e. The van der Waals surface area contributed by atoms with E-state index in [0.717, 1.165) is 32.1 Å². The number of rotatable bonds is 4. The van der Waals surface area contributed by atoms with Gasteiger partial charge in [-0.1, -0.05) is 27.7 Å². The van der Waals surface area contributed by atoms with Crippen molar-refractivity contribution in [1.29, 1.82) is 0 Å². The summed E-state index contributed by atoms with van der Waals surface area (Å²) in [6, 6.07) is 0.275. The molecule has 1 aliphatic carbocycles. The van der Waals surface area contributed by atoms with Crippen LogP contribution >= 0.6 is 0 Å². The average molecular weight is 282 g/mol. The van der Waals surface area contributed by atoms with Gasteiger partial charge in [-0.05, 0) is 43.9 Å². The molecule has 2 atom stereocenters. The number of carbonyl (C=O) groups is 1. The summed E-state index contributed by atoms with van der Waals surface area (Å²) in [7, 11) is 0. The molecule has 0 bridgehead atoms. The number of nitrogens with one attached hydrogen (secondary N) is 1. The van der Waals surface area contributed by atoms with E-state index < -0.39 is 0 Å². The second-order valence-electron chi connectivity index (χ2n) is 7.24. The Bertz CT molecular complexity index is 335. The van der Waals surface area contributed by atoms with Crippen LogP contribution in [0.1, 0.15) is 59.8 Å². The second-order valence-corrected chi connectivity index (χ2v) is 7.24. The summed E-state index contributed by atoms with van der Waals surface area (Å²) in [6.07, 6.45) is 4.55. The van der Waals surface area contributed by atoms with E-state index in [1.54, 1.807) is 0 Å². The lowest BCUT2D eigenvalue weighted by Crippen LogP contribution is -2.47. The van der Waals surface area contributed by atoms with Gasteiger partial charge in [0.1, 0.15) is 0 Å². The zero-order valence-electron chi connectivity index (χ0n) is 13.3. The van der Waals surface area contributed by atoms with Crippen LogP contribution in [0, 0.1) is 11.8 Å². The largest absolute Gasteiger partial charge is 0.393 e. The van der Waals surface area contributed by atoms with Crippen molar-refractivity contribution < 1.29 is 9.90 Å². The lowest BCUT2D eigenvalue weighted by molar-refractivity contribution is -0.134. The van der Waals surface area contributed by atoms with E-state index in [0.29, 0.717) is 17.9 Å². The summed E-state index contributed by atoms with van der Waals surface area (Å²) in [5.41, 5.74) is 0. The van der Waals surface area contributed by atoms with E-state index in [1.807, 2.05) is 0 Å². The van der Waals surface area contributed by atoms with Gasteiger partial charge in [-0.3, -0.25) is 10.1 Å². The maximum absolute atomic E-state index is 12.7. The third-order valence-electron chi connectivity index (χ3n) is 4.65. The summed E-state index contributed by atoms with van der Waals surface area (Å²) in [4.78, 5) is 14.8. The van der Waals surface area contributed by atoms with Crippen molar-refractivity contribution in [3.05, 3.63) is 0 Å². The van der Waals surface area contributed by atoms with Gasteiger partial charge in [0.2, 0.25) is 5.91 Å². The molecule has 2 rings (SSSR count). The molecule has 0 aromatic rings. The minimum Gasteiger partial charge on any atom is -0.393 e. The Morgan fingerprint density at radius 2 is 1.80 bits per heavy atom. The molecule has 116 valence electrons. The fraction of sp³-hybridized carbons (Fsp3) is 0.938. The lowest BCUT2D eigenvalue weighted by atomic mass is 9.91. The number of amides is 1. The first-order valence-corrected chi connectivity index (χ1v) is 8.16. The van der Waals surface area contributed by atoms with E-state index in [9.17, 15) is 9.90 Å². The van der Waals surface area contributed by atoms with Crippen LogP contribution < -0.4 is 5.32 Å². The molecule has 1 amide bonds. The van der Waals surface area contributed by atoms with E-state index in [2.05, 4.69) is 37.9 Å². The zero-order chi connectivity index (χ0) is 14.9. The van der Waals surface area contributed by atoms with Crippen molar-refractivity contribution in [1.82, 2.24) is 10.2 Å². The Morgan fingerprint density at radius 3 is 2.30 bits per heavy atom. The highest BCUT2D eigenvalue weighted by Gasteiger charge is 2.44. The molecule has 1 saturated heterocycles. The summed E-state index contributed by atoms with van der Waals surface area (Å²) in [5.74, 6) is 1.17. The summed E-state index contributed by atoms with van der Waals surface area (Å²) in [6.45, 7) is 8.63. The normalized spacial score (nSPS) is 35.4. The number of nitrogens with zero attached hydrogens (tertiary/aromatic N) is 1. The van der Waals surface area contributed by atoms with Gasteiger partial charge in [0.25, 0.3) is 0 Å². The molecule has 2 fully saturated rings. The van der Waals surface area contributed by atoms with Gasteiger partial charge in [-0.15, -0.1) is 0 Å². The summed E-state index contributed by atoms with van der Waals surface area (Å²) in [5, 5.41) is 13.2. The van der Waals surface area contributed by atoms with Crippen LogP contribution in [0.25, 0.3) is 0 Å². The third-order valence-corrected chi connectivity index (χ3v) is 4.65. The first kappa shape index (κ1) is 15.8. The molecule has 0 aromatic carbocycles. The highest BCUT2D eigenvalue weighted by atomic mass is 16.3. The molecule has 1 saturated carbocycles. The monoisotopic (exact) mass is 282 g/mol. The van der Waals surface area contributed by atoms with Gasteiger partial charge in [-0.2, -0.15) is 0 Å². The van der Waals surface area contributed by atoms with Gasteiger partial charge in [-0.25, -0.2) is 0 Å². The van der Waals surface area contributed by atoms with Crippen molar-refractivity contribution in [2.24, 2.45) is 11.8 Å². The summed E-state index contributed by atoms with van der Waals surface area (Å²) >= 11 is 0. The van der Waals surface area contributed by atoms with Gasteiger partial charge in [0.05, 0.1) is 18.3 Å². The molecule has 1 heterocycles. The number of carbonyl (C=O) groups excluding carboxylic acids is 1. The van der Waals surface area contributed by atoms with Crippen LogP contribution in [0.4, 0.5) is 0 Å². The molecular weight excluding hydrogens is 252 g/mol. The van der Waals surface area contributed by atoms with E-state index in [4.69, 9.17) is 0 Å². The minimum absolute atomic E-state index is 0.0365. The number of hydrogen-bond acceptors (Lipinski definition) is 3. The van der Waals surface area contributed by atoms with Crippen LogP contribution in [0.3, 0.4) is 0 Å². The lowest BCUT2D eigenvalue weighted by Gasteiger charge is -2.37. The molecule has 4 heteroatoms. The number of aliphatic hydroxyl groups is 1.